The van der Waals surface area contributed by atoms with Crippen LogP contribution in [0.25, 0.3) is 11.2 Å². The zero-order valence-electron chi connectivity index (χ0n) is 13.1. The number of aromatic nitrogens is 4. The molecule has 3 heterocycles. The van der Waals surface area contributed by atoms with Gasteiger partial charge in [0.1, 0.15) is 24.9 Å². The Balaban J connectivity index is 1.80. The number of hydrogen-bond donors (Lipinski definition) is 3. The molecule has 1 saturated heterocycles. The van der Waals surface area contributed by atoms with Gasteiger partial charge in [-0.15, -0.1) is 0 Å². The van der Waals surface area contributed by atoms with Crippen LogP contribution >= 0.6 is 0 Å². The monoisotopic (exact) mass is 338 g/mol. The van der Waals surface area contributed by atoms with Gasteiger partial charge in [0.2, 0.25) is 0 Å². The second-order valence-corrected chi connectivity index (χ2v) is 5.89. The standard InChI is InChI=1S/C14H18N4O6/c1-6(2)14(22)23-3-7-9(19)10(20)13(24-7)18-5-17-8-11(18)15-4-16-12(8)21/h4-7,9-10,13,19-20H,3H2,1-2H3,(H,15,16,21). The lowest BCUT2D eigenvalue weighted by molar-refractivity contribution is -0.153. The molecular formula is C14H18N4O6. The number of aliphatic hydroxyl groups excluding tert-OH is 2. The lowest BCUT2D eigenvalue weighted by Gasteiger charge is -2.16. The van der Waals surface area contributed by atoms with Gasteiger partial charge in [-0.1, -0.05) is 13.8 Å². The summed E-state index contributed by atoms with van der Waals surface area (Å²) in [4.78, 5) is 33.6. The summed E-state index contributed by atoms with van der Waals surface area (Å²) in [5.74, 6) is -0.734. The Labute approximate surface area is 136 Å². The normalized spacial score (nSPS) is 27.0. The van der Waals surface area contributed by atoms with Crippen molar-refractivity contribution in [1.82, 2.24) is 19.5 Å². The molecule has 1 aliphatic rings. The zero-order valence-corrected chi connectivity index (χ0v) is 13.1. The largest absolute Gasteiger partial charge is 0.463 e. The predicted molar refractivity (Wildman–Crippen MR) is 79.9 cm³/mol. The smallest absolute Gasteiger partial charge is 0.308 e. The van der Waals surface area contributed by atoms with Gasteiger partial charge in [0, 0.05) is 0 Å². The minimum Gasteiger partial charge on any atom is -0.463 e. The zero-order chi connectivity index (χ0) is 17.4. The highest BCUT2D eigenvalue weighted by Crippen LogP contribution is 2.31. The van der Waals surface area contributed by atoms with Crippen LogP contribution in [0.5, 0.6) is 0 Å². The molecular weight excluding hydrogens is 320 g/mol. The van der Waals surface area contributed by atoms with Crippen LogP contribution in [-0.4, -0.2) is 60.6 Å². The Morgan fingerprint density at radius 3 is 2.88 bits per heavy atom. The summed E-state index contributed by atoms with van der Waals surface area (Å²) in [7, 11) is 0. The summed E-state index contributed by atoms with van der Waals surface area (Å²) in [5.41, 5.74) is -0.110. The average Bonchev–Trinajstić information content (AvgIpc) is 3.09. The number of fused-ring (bicyclic) bond motifs is 1. The van der Waals surface area contributed by atoms with Crippen LogP contribution in [0.2, 0.25) is 0 Å². The van der Waals surface area contributed by atoms with E-state index in [-0.39, 0.29) is 23.7 Å². The summed E-state index contributed by atoms with van der Waals surface area (Å²) in [5, 5.41) is 20.3. The number of ether oxygens (including phenoxy) is 2. The van der Waals surface area contributed by atoms with Crippen LogP contribution in [0, 0.1) is 5.92 Å². The molecule has 24 heavy (non-hydrogen) atoms. The molecule has 4 atom stereocenters. The van der Waals surface area contributed by atoms with Gasteiger partial charge in [-0.25, -0.2) is 9.97 Å². The van der Waals surface area contributed by atoms with Gasteiger partial charge in [-0.2, -0.15) is 0 Å². The molecule has 0 saturated carbocycles. The molecule has 1 aliphatic heterocycles. The van der Waals surface area contributed by atoms with Crippen molar-refractivity contribution in [2.45, 2.75) is 38.4 Å². The molecule has 0 amide bonds. The van der Waals surface area contributed by atoms with Gasteiger partial charge >= 0.3 is 5.97 Å². The Bertz CT molecular complexity index is 800. The molecule has 0 aliphatic carbocycles. The molecule has 10 heteroatoms. The Hall–Kier alpha value is -2.30. The molecule has 10 nitrogen and oxygen atoms in total. The number of aliphatic hydroxyl groups is 2. The number of imidazole rings is 1. The van der Waals surface area contributed by atoms with Crippen LogP contribution in [-0.2, 0) is 14.3 Å². The van der Waals surface area contributed by atoms with Gasteiger partial charge < -0.3 is 24.7 Å². The van der Waals surface area contributed by atoms with Gasteiger partial charge in [-0.3, -0.25) is 14.2 Å². The quantitative estimate of drug-likeness (QED) is 0.599. The van der Waals surface area contributed by atoms with Crippen molar-refractivity contribution in [2.75, 3.05) is 6.61 Å². The number of esters is 1. The molecule has 2 aromatic rings. The number of H-pyrrole nitrogens is 1. The van der Waals surface area contributed by atoms with Gasteiger partial charge in [0.15, 0.2) is 17.4 Å². The van der Waals surface area contributed by atoms with E-state index < -0.39 is 36.1 Å². The minimum absolute atomic E-state index is 0.0949. The van der Waals surface area contributed by atoms with E-state index in [1.807, 2.05) is 0 Å². The second kappa shape index (κ2) is 6.30. The fourth-order valence-corrected chi connectivity index (χ4v) is 2.48. The van der Waals surface area contributed by atoms with E-state index in [0.717, 1.165) is 0 Å². The summed E-state index contributed by atoms with van der Waals surface area (Å²) in [6, 6.07) is 0. The topological polar surface area (TPSA) is 140 Å². The first-order valence-corrected chi connectivity index (χ1v) is 7.48. The highest BCUT2D eigenvalue weighted by Gasteiger charge is 2.45. The Morgan fingerprint density at radius 2 is 2.17 bits per heavy atom. The fraction of sp³-hybridized carbons (Fsp3) is 0.571. The van der Waals surface area contributed by atoms with Crippen molar-refractivity contribution in [3.63, 3.8) is 0 Å². The predicted octanol–water partition coefficient (Wildman–Crippen LogP) is -1.06. The first kappa shape index (κ1) is 16.6. The molecule has 2 aromatic heterocycles. The number of nitrogens with one attached hydrogen (secondary N) is 1. The summed E-state index contributed by atoms with van der Waals surface area (Å²) >= 11 is 0. The molecule has 3 rings (SSSR count). The maximum Gasteiger partial charge on any atom is 0.308 e. The number of carbonyl (C=O) groups is 1. The average molecular weight is 338 g/mol. The van der Waals surface area contributed by atoms with Gasteiger partial charge in [0.25, 0.3) is 5.56 Å². The number of carbonyl (C=O) groups excluding carboxylic acids is 1. The number of rotatable bonds is 4. The van der Waals surface area contributed by atoms with E-state index in [4.69, 9.17) is 9.47 Å². The maximum atomic E-state index is 11.7. The van der Waals surface area contributed by atoms with E-state index in [1.54, 1.807) is 13.8 Å². The molecule has 1 fully saturated rings. The number of nitrogens with zero attached hydrogens (tertiary/aromatic N) is 3. The number of aromatic amines is 1. The first-order valence-electron chi connectivity index (χ1n) is 7.48. The van der Waals surface area contributed by atoms with Crippen molar-refractivity contribution in [3.8, 4) is 0 Å². The minimum atomic E-state index is -1.29. The fourth-order valence-electron chi connectivity index (χ4n) is 2.48. The highest BCUT2D eigenvalue weighted by atomic mass is 16.6. The molecule has 130 valence electrons. The van der Waals surface area contributed by atoms with Crippen molar-refractivity contribution in [2.24, 2.45) is 5.92 Å². The van der Waals surface area contributed by atoms with E-state index in [1.165, 1.54) is 17.2 Å². The van der Waals surface area contributed by atoms with Crippen LogP contribution in [0.1, 0.15) is 20.1 Å². The third-order valence-electron chi connectivity index (χ3n) is 3.84. The van der Waals surface area contributed by atoms with Crippen LogP contribution < -0.4 is 5.56 Å². The van der Waals surface area contributed by atoms with Crippen molar-refractivity contribution in [3.05, 3.63) is 23.0 Å². The SMILES string of the molecule is CC(C)C(=O)OCC1OC(n2cnc3c(=O)[nH]cnc32)C(O)C1O. The first-order chi connectivity index (χ1) is 11.4. The third kappa shape index (κ3) is 2.79. The van der Waals surface area contributed by atoms with E-state index in [9.17, 15) is 19.8 Å². The summed E-state index contributed by atoms with van der Waals surface area (Å²) in [6.07, 6.45) is -1.92. The number of hydrogen-bond acceptors (Lipinski definition) is 8. The van der Waals surface area contributed by atoms with Crippen LogP contribution in [0.3, 0.4) is 0 Å². The molecule has 3 N–H and O–H groups in total. The van der Waals surface area contributed by atoms with E-state index in [2.05, 4.69) is 15.0 Å². The lowest BCUT2D eigenvalue weighted by atomic mass is 10.1. The second-order valence-electron chi connectivity index (χ2n) is 5.89. The molecule has 0 radical (unpaired) electrons. The van der Waals surface area contributed by atoms with Crippen LogP contribution in [0.15, 0.2) is 17.4 Å². The van der Waals surface area contributed by atoms with Crippen molar-refractivity contribution < 1.29 is 24.5 Å². The molecule has 0 aromatic carbocycles. The third-order valence-corrected chi connectivity index (χ3v) is 3.84. The Kier molecular flexibility index (Phi) is 4.35. The summed E-state index contributed by atoms with van der Waals surface area (Å²) in [6.45, 7) is 3.19. The Morgan fingerprint density at radius 1 is 1.42 bits per heavy atom. The molecule has 0 spiro atoms. The van der Waals surface area contributed by atoms with Gasteiger partial charge in [-0.05, 0) is 0 Å². The van der Waals surface area contributed by atoms with Gasteiger partial charge in [0.05, 0.1) is 18.6 Å². The van der Waals surface area contributed by atoms with Crippen molar-refractivity contribution >= 4 is 17.1 Å². The maximum absolute atomic E-state index is 11.7. The van der Waals surface area contributed by atoms with Crippen LogP contribution in [0.4, 0.5) is 0 Å². The lowest BCUT2D eigenvalue weighted by Crippen LogP contribution is -2.34. The van der Waals surface area contributed by atoms with Crippen molar-refractivity contribution in [1.29, 1.82) is 0 Å². The molecule has 0 bridgehead atoms. The van der Waals surface area contributed by atoms with E-state index >= 15 is 0 Å². The summed E-state index contributed by atoms with van der Waals surface area (Å²) < 4.78 is 12.0. The molecule has 4 unspecified atom stereocenters. The van der Waals surface area contributed by atoms with E-state index in [0.29, 0.717) is 0 Å². The highest BCUT2D eigenvalue weighted by molar-refractivity contribution is 5.71.